The second kappa shape index (κ2) is 5.58. The molecule has 2 rings (SSSR count). The summed E-state index contributed by atoms with van der Waals surface area (Å²) in [6.07, 6.45) is 1.85. The molecule has 0 aliphatic heterocycles. The van der Waals surface area contributed by atoms with Crippen molar-refractivity contribution in [3.8, 4) is 5.75 Å². The summed E-state index contributed by atoms with van der Waals surface area (Å²) >= 11 is 0. The van der Waals surface area contributed by atoms with Gasteiger partial charge in [0.2, 0.25) is 0 Å². The molecular weight excluding hydrogens is 226 g/mol. The number of rotatable bonds is 5. The van der Waals surface area contributed by atoms with E-state index in [2.05, 4.69) is 31.1 Å². The van der Waals surface area contributed by atoms with E-state index in [4.69, 9.17) is 10.5 Å². The van der Waals surface area contributed by atoms with E-state index >= 15 is 0 Å². The highest BCUT2D eigenvalue weighted by Crippen LogP contribution is 2.18. The van der Waals surface area contributed by atoms with Crippen molar-refractivity contribution in [2.24, 2.45) is 0 Å². The van der Waals surface area contributed by atoms with Crippen LogP contribution in [0.5, 0.6) is 5.75 Å². The Kier molecular flexibility index (Phi) is 3.87. The molecule has 0 aliphatic rings. The van der Waals surface area contributed by atoms with Crippen LogP contribution in [0.1, 0.15) is 25.3 Å². The predicted octanol–water partition coefficient (Wildman–Crippen LogP) is 2.67. The summed E-state index contributed by atoms with van der Waals surface area (Å²) in [5, 5.41) is 4.09. The van der Waals surface area contributed by atoms with E-state index in [9.17, 15) is 0 Å². The fourth-order valence-electron chi connectivity index (χ4n) is 1.71. The number of ether oxygens (including phenoxy) is 1. The van der Waals surface area contributed by atoms with Crippen molar-refractivity contribution >= 4 is 5.82 Å². The van der Waals surface area contributed by atoms with Gasteiger partial charge in [-0.25, -0.2) is 0 Å². The van der Waals surface area contributed by atoms with E-state index in [0.29, 0.717) is 24.9 Å². The van der Waals surface area contributed by atoms with Gasteiger partial charge >= 0.3 is 0 Å². The van der Waals surface area contributed by atoms with Crippen molar-refractivity contribution in [1.82, 2.24) is 9.78 Å². The molecule has 0 atom stereocenters. The maximum absolute atomic E-state index is 5.65. The maximum Gasteiger partial charge on any atom is 0.145 e. The lowest BCUT2D eigenvalue weighted by molar-refractivity contribution is 0.291. The van der Waals surface area contributed by atoms with Crippen LogP contribution in [0.25, 0.3) is 0 Å². The average molecular weight is 245 g/mol. The van der Waals surface area contributed by atoms with Crippen LogP contribution >= 0.6 is 0 Å². The minimum Gasteiger partial charge on any atom is -0.492 e. The van der Waals surface area contributed by atoms with Crippen molar-refractivity contribution in [2.75, 3.05) is 12.3 Å². The zero-order valence-electron chi connectivity index (χ0n) is 10.8. The van der Waals surface area contributed by atoms with Crippen LogP contribution in [-0.4, -0.2) is 16.4 Å². The SMILES string of the molecule is CC(C)c1ccc(OCCn2ccc(N)n2)cc1. The number of nitrogens with two attached hydrogens (primary N) is 1. The first-order chi connectivity index (χ1) is 8.65. The number of hydrogen-bond donors (Lipinski definition) is 1. The minimum absolute atomic E-state index is 0.538. The van der Waals surface area contributed by atoms with Crippen molar-refractivity contribution in [3.63, 3.8) is 0 Å². The third-order valence-corrected chi connectivity index (χ3v) is 2.80. The molecule has 4 heteroatoms. The Morgan fingerprint density at radius 3 is 2.50 bits per heavy atom. The van der Waals surface area contributed by atoms with Crippen molar-refractivity contribution in [2.45, 2.75) is 26.3 Å². The van der Waals surface area contributed by atoms with Gasteiger partial charge in [-0.1, -0.05) is 26.0 Å². The highest BCUT2D eigenvalue weighted by atomic mass is 16.5. The first kappa shape index (κ1) is 12.5. The molecule has 1 aromatic heterocycles. The van der Waals surface area contributed by atoms with E-state index in [0.717, 1.165) is 5.75 Å². The molecule has 2 aromatic rings. The molecule has 0 radical (unpaired) electrons. The Labute approximate surface area is 107 Å². The van der Waals surface area contributed by atoms with E-state index < -0.39 is 0 Å². The van der Waals surface area contributed by atoms with E-state index in [1.807, 2.05) is 18.3 Å². The Morgan fingerprint density at radius 2 is 1.94 bits per heavy atom. The molecule has 0 spiro atoms. The summed E-state index contributed by atoms with van der Waals surface area (Å²) in [4.78, 5) is 0. The summed E-state index contributed by atoms with van der Waals surface area (Å²) in [5.41, 5.74) is 6.86. The van der Waals surface area contributed by atoms with Crippen LogP contribution in [0.4, 0.5) is 5.82 Å². The standard InChI is InChI=1S/C14H19N3O/c1-11(2)12-3-5-13(6-4-12)18-10-9-17-8-7-14(15)16-17/h3-8,11H,9-10H2,1-2H3,(H2,15,16). The normalized spacial score (nSPS) is 10.8. The molecule has 1 heterocycles. The predicted molar refractivity (Wildman–Crippen MR) is 72.7 cm³/mol. The van der Waals surface area contributed by atoms with Gasteiger partial charge in [0.15, 0.2) is 0 Å². The average Bonchev–Trinajstić information content (AvgIpc) is 2.76. The minimum atomic E-state index is 0.538. The molecule has 4 nitrogen and oxygen atoms in total. The molecule has 2 N–H and O–H groups in total. The van der Waals surface area contributed by atoms with Crippen LogP contribution in [0.3, 0.4) is 0 Å². The van der Waals surface area contributed by atoms with Gasteiger partial charge in [0, 0.05) is 6.20 Å². The van der Waals surface area contributed by atoms with Crippen molar-refractivity contribution < 1.29 is 4.74 Å². The summed E-state index contributed by atoms with van der Waals surface area (Å²) in [5.74, 6) is 1.97. The molecule has 0 unspecified atom stereocenters. The van der Waals surface area contributed by atoms with E-state index in [1.54, 1.807) is 10.7 Å². The van der Waals surface area contributed by atoms with Crippen LogP contribution in [0.15, 0.2) is 36.5 Å². The molecule has 18 heavy (non-hydrogen) atoms. The largest absolute Gasteiger partial charge is 0.492 e. The maximum atomic E-state index is 5.65. The quantitative estimate of drug-likeness (QED) is 0.881. The smallest absolute Gasteiger partial charge is 0.145 e. The Balaban J connectivity index is 1.83. The van der Waals surface area contributed by atoms with Gasteiger partial charge in [-0.05, 0) is 29.7 Å². The Morgan fingerprint density at radius 1 is 1.22 bits per heavy atom. The fraction of sp³-hybridized carbons (Fsp3) is 0.357. The van der Waals surface area contributed by atoms with E-state index in [1.165, 1.54) is 5.56 Å². The topological polar surface area (TPSA) is 53.1 Å². The molecular formula is C14H19N3O. The van der Waals surface area contributed by atoms with Gasteiger partial charge in [-0.3, -0.25) is 4.68 Å². The second-order valence-electron chi connectivity index (χ2n) is 4.58. The summed E-state index contributed by atoms with van der Waals surface area (Å²) in [6, 6.07) is 9.99. The molecule has 0 fully saturated rings. The zero-order valence-corrected chi connectivity index (χ0v) is 10.8. The summed E-state index contributed by atoms with van der Waals surface area (Å²) in [6.45, 7) is 5.64. The van der Waals surface area contributed by atoms with Crippen LogP contribution in [-0.2, 0) is 6.54 Å². The zero-order chi connectivity index (χ0) is 13.0. The van der Waals surface area contributed by atoms with Crippen molar-refractivity contribution in [3.05, 3.63) is 42.1 Å². The number of anilines is 1. The molecule has 1 aromatic carbocycles. The third kappa shape index (κ3) is 3.26. The first-order valence-electron chi connectivity index (χ1n) is 6.17. The Hall–Kier alpha value is -1.97. The highest BCUT2D eigenvalue weighted by Gasteiger charge is 2.00. The first-order valence-corrected chi connectivity index (χ1v) is 6.17. The Bertz CT molecular complexity index is 488. The monoisotopic (exact) mass is 245 g/mol. The molecule has 0 bridgehead atoms. The van der Waals surface area contributed by atoms with Gasteiger partial charge < -0.3 is 10.5 Å². The lowest BCUT2D eigenvalue weighted by Gasteiger charge is -2.09. The van der Waals surface area contributed by atoms with Crippen molar-refractivity contribution in [1.29, 1.82) is 0 Å². The second-order valence-corrected chi connectivity index (χ2v) is 4.58. The van der Waals surface area contributed by atoms with Gasteiger partial charge in [0.25, 0.3) is 0 Å². The van der Waals surface area contributed by atoms with Crippen LogP contribution in [0, 0.1) is 0 Å². The molecule has 0 saturated carbocycles. The molecule has 0 aliphatic carbocycles. The van der Waals surface area contributed by atoms with Gasteiger partial charge in [-0.15, -0.1) is 0 Å². The number of nitrogen functional groups attached to an aromatic ring is 1. The van der Waals surface area contributed by atoms with Gasteiger partial charge in [-0.2, -0.15) is 5.10 Å². The number of nitrogens with zero attached hydrogens (tertiary/aromatic N) is 2. The number of benzene rings is 1. The van der Waals surface area contributed by atoms with Crippen LogP contribution in [0.2, 0.25) is 0 Å². The number of hydrogen-bond acceptors (Lipinski definition) is 3. The lowest BCUT2D eigenvalue weighted by atomic mass is 10.0. The fourth-order valence-corrected chi connectivity index (χ4v) is 1.71. The highest BCUT2D eigenvalue weighted by molar-refractivity contribution is 5.28. The summed E-state index contributed by atoms with van der Waals surface area (Å²) in [7, 11) is 0. The molecule has 0 saturated heterocycles. The molecule has 0 amide bonds. The lowest BCUT2D eigenvalue weighted by Crippen LogP contribution is -2.09. The van der Waals surface area contributed by atoms with Gasteiger partial charge in [0.1, 0.15) is 18.2 Å². The van der Waals surface area contributed by atoms with Gasteiger partial charge in [0.05, 0.1) is 6.54 Å². The summed E-state index contributed by atoms with van der Waals surface area (Å²) < 4.78 is 7.43. The van der Waals surface area contributed by atoms with E-state index in [-0.39, 0.29) is 0 Å². The van der Waals surface area contributed by atoms with Crippen LogP contribution < -0.4 is 10.5 Å². The molecule has 96 valence electrons. The number of aromatic nitrogens is 2. The third-order valence-electron chi connectivity index (χ3n) is 2.80.